The van der Waals surface area contributed by atoms with Crippen LogP contribution in [0, 0.1) is 0 Å². The van der Waals surface area contributed by atoms with E-state index in [1.54, 1.807) is 20.8 Å². The van der Waals surface area contributed by atoms with Crippen molar-refractivity contribution in [2.45, 2.75) is 70.7 Å². The molecule has 1 aromatic carbocycles. The van der Waals surface area contributed by atoms with Gasteiger partial charge in [-0.1, -0.05) is 30.3 Å². The molecule has 1 aromatic rings. The van der Waals surface area contributed by atoms with Gasteiger partial charge in [0.15, 0.2) is 0 Å². The molecule has 0 radical (unpaired) electrons. The first-order valence-electron chi connectivity index (χ1n) is 10.2. The van der Waals surface area contributed by atoms with Crippen LogP contribution in [0.15, 0.2) is 30.3 Å². The minimum Gasteiger partial charge on any atom is -0.467 e. The van der Waals surface area contributed by atoms with Crippen LogP contribution >= 0.6 is 0 Å². The maximum absolute atomic E-state index is 12.9. The summed E-state index contributed by atoms with van der Waals surface area (Å²) in [7, 11) is 1.31. The first-order chi connectivity index (χ1) is 14.2. The number of hydrogen-bond donors (Lipinski definition) is 1. The Morgan fingerprint density at radius 2 is 1.83 bits per heavy atom. The Labute approximate surface area is 177 Å². The van der Waals surface area contributed by atoms with Crippen LogP contribution in [0.2, 0.25) is 0 Å². The van der Waals surface area contributed by atoms with Crippen LogP contribution in [0.25, 0.3) is 0 Å². The van der Waals surface area contributed by atoms with Gasteiger partial charge in [0.2, 0.25) is 0 Å². The Kier molecular flexibility index (Phi) is 8.50. The average Bonchev–Trinajstić information content (AvgIpc) is 2.70. The van der Waals surface area contributed by atoms with Crippen LogP contribution in [0.3, 0.4) is 0 Å². The van der Waals surface area contributed by atoms with E-state index in [1.807, 2.05) is 30.3 Å². The van der Waals surface area contributed by atoms with E-state index >= 15 is 0 Å². The zero-order chi connectivity index (χ0) is 22.1. The molecule has 1 saturated heterocycles. The number of amides is 2. The minimum absolute atomic E-state index is 0.118. The predicted molar refractivity (Wildman–Crippen MR) is 111 cm³/mol. The number of methoxy groups -OCH3 is 1. The maximum atomic E-state index is 12.9. The molecule has 0 spiro atoms. The third kappa shape index (κ3) is 7.24. The number of benzene rings is 1. The number of carbonyl (C=O) groups excluding carboxylic acids is 3. The molecule has 2 amide bonds. The molecule has 1 aliphatic rings. The lowest BCUT2D eigenvalue weighted by atomic mass is 9.94. The number of nitrogens with zero attached hydrogens (tertiary/aromatic N) is 1. The molecule has 1 aliphatic heterocycles. The van der Waals surface area contributed by atoms with Crippen molar-refractivity contribution in [1.29, 1.82) is 0 Å². The summed E-state index contributed by atoms with van der Waals surface area (Å²) in [6, 6.07) is 8.41. The lowest BCUT2D eigenvalue weighted by Crippen LogP contribution is -2.54. The molecule has 30 heavy (non-hydrogen) atoms. The zero-order valence-corrected chi connectivity index (χ0v) is 18.2. The summed E-state index contributed by atoms with van der Waals surface area (Å²) in [6.07, 6.45) is 1.41. The Hall–Kier alpha value is -2.77. The molecule has 0 saturated carbocycles. The summed E-state index contributed by atoms with van der Waals surface area (Å²) in [4.78, 5) is 38.5. The normalized spacial score (nSPS) is 19.0. The van der Waals surface area contributed by atoms with Gasteiger partial charge in [0.05, 0.1) is 7.11 Å². The Bertz CT molecular complexity index is 716. The molecule has 8 heteroatoms. The van der Waals surface area contributed by atoms with Crippen molar-refractivity contribution in [3.63, 3.8) is 0 Å². The third-order valence-electron chi connectivity index (χ3n) is 4.78. The number of esters is 1. The molecule has 2 atom stereocenters. The van der Waals surface area contributed by atoms with Gasteiger partial charge in [-0.15, -0.1) is 0 Å². The minimum atomic E-state index is -0.696. The quantitative estimate of drug-likeness (QED) is 0.558. The summed E-state index contributed by atoms with van der Waals surface area (Å²) >= 11 is 0. The van der Waals surface area contributed by atoms with Gasteiger partial charge in [-0.25, -0.2) is 14.4 Å². The highest BCUT2D eigenvalue weighted by Gasteiger charge is 2.39. The van der Waals surface area contributed by atoms with Crippen molar-refractivity contribution in [3.8, 4) is 0 Å². The highest BCUT2D eigenvalue weighted by molar-refractivity contribution is 5.82. The van der Waals surface area contributed by atoms with Gasteiger partial charge >= 0.3 is 18.2 Å². The van der Waals surface area contributed by atoms with Crippen molar-refractivity contribution in [3.05, 3.63) is 35.9 Å². The summed E-state index contributed by atoms with van der Waals surface area (Å²) in [5.41, 5.74) is 0.277. The SMILES string of the molecule is COC(=O)C1CCCC(CCNC(=O)OC(C)(C)C)N1C(=O)OCc1ccccc1. The number of alkyl carbamates (subject to hydrolysis) is 1. The molecular formula is C22H32N2O6. The number of hydrogen-bond acceptors (Lipinski definition) is 6. The van der Waals surface area contributed by atoms with Gasteiger partial charge in [-0.05, 0) is 52.0 Å². The molecule has 8 nitrogen and oxygen atoms in total. The molecular weight excluding hydrogens is 388 g/mol. The van der Waals surface area contributed by atoms with Crippen molar-refractivity contribution in [1.82, 2.24) is 10.2 Å². The van der Waals surface area contributed by atoms with Crippen molar-refractivity contribution in [2.75, 3.05) is 13.7 Å². The van der Waals surface area contributed by atoms with Crippen LogP contribution in [0.1, 0.15) is 52.0 Å². The third-order valence-corrected chi connectivity index (χ3v) is 4.78. The van der Waals surface area contributed by atoms with E-state index in [2.05, 4.69) is 5.32 Å². The summed E-state index contributed by atoms with van der Waals surface area (Å²) in [5, 5.41) is 2.71. The smallest absolute Gasteiger partial charge is 0.411 e. The van der Waals surface area contributed by atoms with Gasteiger partial charge in [-0.2, -0.15) is 0 Å². The molecule has 2 rings (SSSR count). The van der Waals surface area contributed by atoms with Crippen LogP contribution in [-0.2, 0) is 25.6 Å². The molecule has 166 valence electrons. The van der Waals surface area contributed by atoms with E-state index < -0.39 is 29.8 Å². The Morgan fingerprint density at radius 3 is 2.47 bits per heavy atom. The molecule has 2 unspecified atom stereocenters. The van der Waals surface area contributed by atoms with Gasteiger partial charge < -0.3 is 19.5 Å². The zero-order valence-electron chi connectivity index (χ0n) is 18.2. The first-order valence-corrected chi connectivity index (χ1v) is 10.2. The number of piperidine rings is 1. The van der Waals surface area contributed by atoms with Gasteiger partial charge in [0, 0.05) is 12.6 Å². The monoisotopic (exact) mass is 420 g/mol. The molecule has 0 aromatic heterocycles. The van der Waals surface area contributed by atoms with Gasteiger partial charge in [-0.3, -0.25) is 4.90 Å². The predicted octanol–water partition coefficient (Wildman–Crippen LogP) is 3.63. The van der Waals surface area contributed by atoms with Gasteiger partial charge in [0.25, 0.3) is 0 Å². The van der Waals surface area contributed by atoms with Crippen LogP contribution in [0.4, 0.5) is 9.59 Å². The van der Waals surface area contributed by atoms with E-state index in [-0.39, 0.29) is 12.6 Å². The lowest BCUT2D eigenvalue weighted by molar-refractivity contribution is -0.149. The molecule has 0 aliphatic carbocycles. The Balaban J connectivity index is 2.01. The summed E-state index contributed by atoms with van der Waals surface area (Å²) in [5.74, 6) is -0.462. The average molecular weight is 421 g/mol. The van der Waals surface area contributed by atoms with Crippen LogP contribution in [-0.4, -0.2) is 54.4 Å². The number of ether oxygens (including phenoxy) is 3. The van der Waals surface area contributed by atoms with E-state index in [4.69, 9.17) is 14.2 Å². The second-order valence-corrected chi connectivity index (χ2v) is 8.29. The van der Waals surface area contributed by atoms with E-state index in [0.29, 0.717) is 25.8 Å². The first kappa shape index (κ1) is 23.5. The van der Waals surface area contributed by atoms with Crippen molar-refractivity contribution >= 4 is 18.2 Å². The van der Waals surface area contributed by atoms with Gasteiger partial charge in [0.1, 0.15) is 18.2 Å². The second-order valence-electron chi connectivity index (χ2n) is 8.29. The molecule has 0 bridgehead atoms. The Morgan fingerprint density at radius 1 is 1.13 bits per heavy atom. The standard InChI is InChI=1S/C22H32N2O6/c1-22(2,3)30-20(26)23-14-13-17-11-8-12-18(19(25)28-4)24(17)21(27)29-15-16-9-6-5-7-10-16/h5-7,9-10,17-18H,8,11-15H2,1-4H3,(H,23,26). The van der Waals surface area contributed by atoms with Crippen LogP contribution < -0.4 is 5.32 Å². The number of rotatable bonds is 6. The molecule has 1 N–H and O–H groups in total. The van der Waals surface area contributed by atoms with E-state index in [1.165, 1.54) is 12.0 Å². The topological polar surface area (TPSA) is 94.2 Å². The fourth-order valence-corrected chi connectivity index (χ4v) is 3.46. The highest BCUT2D eigenvalue weighted by Crippen LogP contribution is 2.27. The lowest BCUT2D eigenvalue weighted by Gasteiger charge is -2.39. The largest absolute Gasteiger partial charge is 0.467 e. The fourth-order valence-electron chi connectivity index (χ4n) is 3.46. The highest BCUT2D eigenvalue weighted by atomic mass is 16.6. The number of likely N-dealkylation sites (tertiary alicyclic amines) is 1. The maximum Gasteiger partial charge on any atom is 0.411 e. The number of nitrogens with one attached hydrogen (secondary N) is 1. The van der Waals surface area contributed by atoms with Crippen molar-refractivity contribution in [2.24, 2.45) is 0 Å². The summed E-state index contributed by atoms with van der Waals surface area (Å²) in [6.45, 7) is 5.81. The number of carbonyl (C=O) groups is 3. The molecule has 1 fully saturated rings. The fraction of sp³-hybridized carbons (Fsp3) is 0.591. The van der Waals surface area contributed by atoms with Crippen LogP contribution in [0.5, 0.6) is 0 Å². The van der Waals surface area contributed by atoms with Crippen molar-refractivity contribution < 1.29 is 28.6 Å². The van der Waals surface area contributed by atoms with E-state index in [0.717, 1.165) is 12.0 Å². The van der Waals surface area contributed by atoms with E-state index in [9.17, 15) is 14.4 Å². The molecule has 1 heterocycles. The second kappa shape index (κ2) is 10.8. The summed E-state index contributed by atoms with van der Waals surface area (Å²) < 4.78 is 15.6.